The van der Waals surface area contributed by atoms with E-state index in [0.29, 0.717) is 5.41 Å². The molecule has 0 aromatic heterocycles. The minimum atomic E-state index is 0.674. The van der Waals surface area contributed by atoms with Crippen LogP contribution in [0, 0.1) is 11.3 Å². The van der Waals surface area contributed by atoms with Gasteiger partial charge in [-0.05, 0) is 57.4 Å². The third-order valence-corrected chi connectivity index (χ3v) is 4.35. The number of hydrogen-bond acceptors (Lipinski definition) is 1. The van der Waals surface area contributed by atoms with Gasteiger partial charge in [0.15, 0.2) is 0 Å². The van der Waals surface area contributed by atoms with Gasteiger partial charge in [0.25, 0.3) is 0 Å². The van der Waals surface area contributed by atoms with Crippen molar-refractivity contribution in [2.75, 3.05) is 6.54 Å². The van der Waals surface area contributed by atoms with Gasteiger partial charge in [-0.25, -0.2) is 0 Å². The van der Waals surface area contributed by atoms with E-state index in [2.05, 4.69) is 32.6 Å². The van der Waals surface area contributed by atoms with Crippen LogP contribution >= 0.6 is 0 Å². The standard InChI is InChI=1S/C13H25N/c1-10(2)14-6-5-13(4)8-11(3)7-12(14)9-13/h10-12H,5-9H2,1-4H3. The largest absolute Gasteiger partial charge is 0.298 e. The highest BCUT2D eigenvalue weighted by molar-refractivity contribution is 4.95. The molecule has 1 aliphatic heterocycles. The summed E-state index contributed by atoms with van der Waals surface area (Å²) in [6, 6.07) is 1.63. The van der Waals surface area contributed by atoms with Gasteiger partial charge in [-0.3, -0.25) is 4.90 Å². The molecule has 0 N–H and O–H groups in total. The van der Waals surface area contributed by atoms with Gasteiger partial charge in [0.2, 0.25) is 0 Å². The molecule has 1 saturated heterocycles. The molecule has 1 heterocycles. The van der Waals surface area contributed by atoms with Crippen molar-refractivity contribution >= 4 is 0 Å². The summed E-state index contributed by atoms with van der Waals surface area (Å²) < 4.78 is 0. The molecular weight excluding hydrogens is 170 g/mol. The van der Waals surface area contributed by atoms with Crippen molar-refractivity contribution in [3.63, 3.8) is 0 Å². The molecule has 2 rings (SSSR count). The van der Waals surface area contributed by atoms with Crippen LogP contribution in [0.4, 0.5) is 0 Å². The van der Waals surface area contributed by atoms with Crippen molar-refractivity contribution in [1.29, 1.82) is 0 Å². The fourth-order valence-corrected chi connectivity index (χ4v) is 3.84. The highest BCUT2D eigenvalue weighted by Gasteiger charge is 2.42. The maximum Gasteiger partial charge on any atom is 0.0106 e. The predicted octanol–water partition coefficient (Wildman–Crippen LogP) is 3.30. The monoisotopic (exact) mass is 195 g/mol. The second kappa shape index (κ2) is 3.52. The molecule has 14 heavy (non-hydrogen) atoms. The summed E-state index contributed by atoms with van der Waals surface area (Å²) >= 11 is 0. The van der Waals surface area contributed by atoms with E-state index in [4.69, 9.17) is 0 Å². The summed E-state index contributed by atoms with van der Waals surface area (Å²) in [4.78, 5) is 2.73. The summed E-state index contributed by atoms with van der Waals surface area (Å²) in [7, 11) is 0. The Morgan fingerprint density at radius 1 is 1.29 bits per heavy atom. The Bertz CT molecular complexity index is 211. The molecule has 2 bridgehead atoms. The number of nitrogens with zero attached hydrogens (tertiary/aromatic N) is 1. The summed E-state index contributed by atoms with van der Waals surface area (Å²) in [5.74, 6) is 0.945. The number of rotatable bonds is 1. The van der Waals surface area contributed by atoms with E-state index in [1.165, 1.54) is 32.2 Å². The molecule has 1 aliphatic carbocycles. The zero-order valence-corrected chi connectivity index (χ0v) is 10.2. The molecule has 0 aromatic carbocycles. The van der Waals surface area contributed by atoms with Gasteiger partial charge in [-0.15, -0.1) is 0 Å². The summed E-state index contributed by atoms with van der Waals surface area (Å²) in [6.45, 7) is 11.0. The zero-order valence-electron chi connectivity index (χ0n) is 10.2. The van der Waals surface area contributed by atoms with E-state index < -0.39 is 0 Å². The quantitative estimate of drug-likeness (QED) is 0.620. The first-order chi connectivity index (χ1) is 6.50. The van der Waals surface area contributed by atoms with Gasteiger partial charge in [0.05, 0.1) is 0 Å². The lowest BCUT2D eigenvalue weighted by atomic mass is 9.65. The van der Waals surface area contributed by atoms with Crippen LogP contribution in [0.2, 0.25) is 0 Å². The summed E-state index contributed by atoms with van der Waals surface area (Å²) in [5.41, 5.74) is 0.674. The molecule has 2 fully saturated rings. The van der Waals surface area contributed by atoms with Gasteiger partial charge in [-0.2, -0.15) is 0 Å². The fraction of sp³-hybridized carbons (Fsp3) is 1.00. The van der Waals surface area contributed by atoms with Crippen LogP contribution in [0.15, 0.2) is 0 Å². The van der Waals surface area contributed by atoms with E-state index in [0.717, 1.165) is 18.0 Å². The molecule has 0 amide bonds. The fourth-order valence-electron chi connectivity index (χ4n) is 3.84. The van der Waals surface area contributed by atoms with Gasteiger partial charge in [0.1, 0.15) is 0 Å². The number of fused-ring (bicyclic) bond motifs is 2. The number of likely N-dealkylation sites (tertiary alicyclic amines) is 1. The first-order valence-electron chi connectivity index (χ1n) is 6.26. The molecule has 82 valence electrons. The first-order valence-corrected chi connectivity index (χ1v) is 6.26. The van der Waals surface area contributed by atoms with Crippen molar-refractivity contribution in [1.82, 2.24) is 4.90 Å². The Balaban J connectivity index is 2.10. The number of hydrogen-bond donors (Lipinski definition) is 0. The van der Waals surface area contributed by atoms with E-state index in [-0.39, 0.29) is 0 Å². The SMILES string of the molecule is CC1CC2CC(C)(CCN2C(C)C)C1. The van der Waals surface area contributed by atoms with Crippen molar-refractivity contribution < 1.29 is 0 Å². The third-order valence-electron chi connectivity index (χ3n) is 4.35. The molecule has 0 radical (unpaired) electrons. The predicted molar refractivity (Wildman–Crippen MR) is 61.4 cm³/mol. The normalized spacial score (nSPS) is 44.4. The highest BCUT2D eigenvalue weighted by Crippen LogP contribution is 2.46. The molecule has 1 saturated carbocycles. The Morgan fingerprint density at radius 3 is 2.64 bits per heavy atom. The van der Waals surface area contributed by atoms with E-state index >= 15 is 0 Å². The first kappa shape index (κ1) is 10.5. The van der Waals surface area contributed by atoms with E-state index in [9.17, 15) is 0 Å². The number of piperidine rings is 1. The van der Waals surface area contributed by atoms with Gasteiger partial charge in [0, 0.05) is 12.1 Å². The van der Waals surface area contributed by atoms with Crippen LogP contribution in [0.25, 0.3) is 0 Å². The molecule has 3 unspecified atom stereocenters. The maximum atomic E-state index is 2.73. The third kappa shape index (κ3) is 1.84. The molecule has 0 aromatic rings. The lowest BCUT2D eigenvalue weighted by molar-refractivity contribution is -0.0186. The molecule has 1 nitrogen and oxygen atoms in total. The van der Waals surface area contributed by atoms with Crippen LogP contribution in [-0.2, 0) is 0 Å². The Hall–Kier alpha value is -0.0400. The topological polar surface area (TPSA) is 3.24 Å². The summed E-state index contributed by atoms with van der Waals surface area (Å²) in [6.07, 6.45) is 5.78. The van der Waals surface area contributed by atoms with Gasteiger partial charge < -0.3 is 0 Å². The minimum absolute atomic E-state index is 0.674. The lowest BCUT2D eigenvalue weighted by Gasteiger charge is -2.52. The Labute approximate surface area is 88.9 Å². The van der Waals surface area contributed by atoms with Crippen LogP contribution in [0.5, 0.6) is 0 Å². The lowest BCUT2D eigenvalue weighted by Crippen LogP contribution is -2.52. The average Bonchev–Trinajstić information content (AvgIpc) is 2.00. The van der Waals surface area contributed by atoms with Crippen LogP contribution < -0.4 is 0 Å². The molecule has 2 aliphatic rings. The van der Waals surface area contributed by atoms with E-state index in [1.807, 2.05) is 0 Å². The Morgan fingerprint density at radius 2 is 2.00 bits per heavy atom. The van der Waals surface area contributed by atoms with Crippen molar-refractivity contribution in [2.45, 2.75) is 65.5 Å². The second-order valence-electron chi connectivity index (χ2n) is 6.30. The van der Waals surface area contributed by atoms with Crippen LogP contribution in [0.3, 0.4) is 0 Å². The molecule has 3 atom stereocenters. The summed E-state index contributed by atoms with van der Waals surface area (Å²) in [5, 5.41) is 0. The Kier molecular flexibility index (Phi) is 2.63. The van der Waals surface area contributed by atoms with Gasteiger partial charge in [-0.1, -0.05) is 13.8 Å². The van der Waals surface area contributed by atoms with Crippen LogP contribution in [-0.4, -0.2) is 23.5 Å². The molecule has 0 spiro atoms. The van der Waals surface area contributed by atoms with E-state index in [1.54, 1.807) is 0 Å². The van der Waals surface area contributed by atoms with Crippen LogP contribution in [0.1, 0.15) is 53.4 Å². The van der Waals surface area contributed by atoms with Gasteiger partial charge >= 0.3 is 0 Å². The zero-order chi connectivity index (χ0) is 10.3. The van der Waals surface area contributed by atoms with Crippen molar-refractivity contribution in [3.05, 3.63) is 0 Å². The molecule has 1 heteroatoms. The second-order valence-corrected chi connectivity index (χ2v) is 6.30. The average molecular weight is 195 g/mol. The smallest absolute Gasteiger partial charge is 0.0106 e. The highest BCUT2D eigenvalue weighted by atomic mass is 15.2. The van der Waals surface area contributed by atoms with Crippen molar-refractivity contribution in [2.24, 2.45) is 11.3 Å². The minimum Gasteiger partial charge on any atom is -0.298 e. The molecular formula is C13H25N. The maximum absolute atomic E-state index is 2.73. The van der Waals surface area contributed by atoms with Crippen molar-refractivity contribution in [3.8, 4) is 0 Å².